The molecule has 1 amide bonds. The highest BCUT2D eigenvalue weighted by Crippen LogP contribution is 2.24. The van der Waals surface area contributed by atoms with Crippen molar-refractivity contribution in [1.82, 2.24) is 9.88 Å². The highest BCUT2D eigenvalue weighted by atomic mass is 32.1. The molecule has 0 aliphatic carbocycles. The van der Waals surface area contributed by atoms with Crippen molar-refractivity contribution >= 4 is 28.2 Å². The molecular weight excluding hydrogens is 336 g/mol. The summed E-state index contributed by atoms with van der Waals surface area (Å²) in [6.07, 6.45) is 2.59. The Morgan fingerprint density at radius 3 is 3.16 bits per heavy atom. The molecule has 3 heterocycles. The number of aromatic nitrogens is 1. The molecule has 0 bridgehead atoms. The van der Waals surface area contributed by atoms with Gasteiger partial charge in [0.2, 0.25) is 0 Å². The van der Waals surface area contributed by atoms with E-state index < -0.39 is 0 Å². The van der Waals surface area contributed by atoms with Crippen molar-refractivity contribution in [2.45, 2.75) is 13.3 Å². The van der Waals surface area contributed by atoms with Gasteiger partial charge in [0.25, 0.3) is 5.91 Å². The van der Waals surface area contributed by atoms with Gasteiger partial charge in [-0.05, 0) is 31.0 Å². The minimum Gasteiger partial charge on any atom is -0.464 e. The topological polar surface area (TPSA) is 55.6 Å². The Bertz CT molecular complexity index is 886. The number of hydrogen-bond acceptors (Lipinski definition) is 5. The summed E-state index contributed by atoms with van der Waals surface area (Å²) in [7, 11) is 0. The van der Waals surface area contributed by atoms with Crippen molar-refractivity contribution in [1.29, 1.82) is 0 Å². The molecule has 1 atom stereocenters. The minimum absolute atomic E-state index is 0.0667. The van der Waals surface area contributed by atoms with Gasteiger partial charge < -0.3 is 14.1 Å². The Hall–Kier alpha value is -2.18. The van der Waals surface area contributed by atoms with Crippen LogP contribution >= 0.6 is 11.3 Å². The second kappa shape index (κ2) is 6.98. The van der Waals surface area contributed by atoms with Crippen LogP contribution in [-0.2, 0) is 11.2 Å². The van der Waals surface area contributed by atoms with Crippen LogP contribution in [0, 0.1) is 12.8 Å². The zero-order chi connectivity index (χ0) is 17.2. The molecule has 1 aliphatic rings. The first-order valence-electron chi connectivity index (χ1n) is 8.44. The summed E-state index contributed by atoms with van der Waals surface area (Å²) in [5, 5.41) is 1.14. The van der Waals surface area contributed by atoms with Crippen LogP contribution in [-0.4, -0.2) is 42.1 Å². The third-order valence-electron chi connectivity index (χ3n) is 4.66. The molecule has 1 fully saturated rings. The van der Waals surface area contributed by atoms with Crippen molar-refractivity contribution in [2.75, 3.05) is 26.3 Å². The van der Waals surface area contributed by atoms with Crippen molar-refractivity contribution in [3.63, 3.8) is 0 Å². The number of carbonyl (C=O) groups excluding carboxylic acids is 1. The van der Waals surface area contributed by atoms with E-state index in [4.69, 9.17) is 9.15 Å². The van der Waals surface area contributed by atoms with Gasteiger partial charge in [0.15, 0.2) is 0 Å². The average molecular weight is 356 g/mol. The first-order valence-corrected chi connectivity index (χ1v) is 9.32. The van der Waals surface area contributed by atoms with E-state index in [2.05, 4.69) is 11.1 Å². The zero-order valence-electron chi connectivity index (χ0n) is 14.1. The lowest BCUT2D eigenvalue weighted by atomic mass is 9.97. The van der Waals surface area contributed by atoms with Gasteiger partial charge in [-0.25, -0.2) is 4.98 Å². The maximum absolute atomic E-state index is 12.8. The number of ether oxygens (including phenoxy) is 1. The second-order valence-electron chi connectivity index (χ2n) is 6.41. The highest BCUT2D eigenvalue weighted by Gasteiger charge is 2.26. The van der Waals surface area contributed by atoms with Crippen molar-refractivity contribution < 1.29 is 13.9 Å². The Morgan fingerprint density at radius 2 is 2.32 bits per heavy atom. The number of fused-ring (bicyclic) bond motifs is 1. The standard InChI is InChI=1S/C19H20N2O3S/c1-13-18(25-12-20-13)19(22)21-6-8-23-11-14(10-21)9-15-3-2-4-17-16(15)5-7-24-17/h2-5,7,12,14H,6,8-11H2,1H3. The smallest absolute Gasteiger partial charge is 0.265 e. The third-order valence-corrected chi connectivity index (χ3v) is 5.58. The Morgan fingerprint density at radius 1 is 1.40 bits per heavy atom. The molecule has 5 nitrogen and oxygen atoms in total. The monoisotopic (exact) mass is 356 g/mol. The van der Waals surface area contributed by atoms with Crippen LogP contribution in [0.3, 0.4) is 0 Å². The van der Waals surface area contributed by atoms with Gasteiger partial charge >= 0.3 is 0 Å². The Balaban J connectivity index is 1.53. The number of rotatable bonds is 3. The maximum atomic E-state index is 12.8. The average Bonchev–Trinajstić information content (AvgIpc) is 3.19. The summed E-state index contributed by atoms with van der Waals surface area (Å²) in [6.45, 7) is 4.46. The summed E-state index contributed by atoms with van der Waals surface area (Å²) >= 11 is 1.41. The largest absolute Gasteiger partial charge is 0.464 e. The number of carbonyl (C=O) groups is 1. The lowest BCUT2D eigenvalue weighted by molar-refractivity contribution is 0.0741. The molecule has 1 aliphatic heterocycles. The van der Waals surface area contributed by atoms with Gasteiger partial charge in [-0.1, -0.05) is 12.1 Å². The molecular formula is C19H20N2O3S. The first kappa shape index (κ1) is 16.3. The fourth-order valence-electron chi connectivity index (χ4n) is 3.38. The van der Waals surface area contributed by atoms with Crippen LogP contribution in [0.4, 0.5) is 0 Å². The van der Waals surface area contributed by atoms with E-state index in [1.54, 1.807) is 11.8 Å². The molecule has 25 heavy (non-hydrogen) atoms. The van der Waals surface area contributed by atoms with Crippen LogP contribution in [0.5, 0.6) is 0 Å². The number of amides is 1. The second-order valence-corrected chi connectivity index (χ2v) is 7.27. The summed E-state index contributed by atoms with van der Waals surface area (Å²) in [5.74, 6) is 0.331. The summed E-state index contributed by atoms with van der Waals surface area (Å²) in [6, 6.07) is 8.13. The molecule has 0 N–H and O–H groups in total. The fraction of sp³-hybridized carbons (Fsp3) is 0.368. The Labute approximate surface area is 150 Å². The SMILES string of the molecule is Cc1ncsc1C(=O)N1CCOCC(Cc2cccc3occc23)C1. The molecule has 0 spiro atoms. The Kier molecular flexibility index (Phi) is 4.55. The molecule has 2 aromatic heterocycles. The summed E-state index contributed by atoms with van der Waals surface area (Å²) < 4.78 is 11.3. The molecule has 3 aromatic rings. The quantitative estimate of drug-likeness (QED) is 0.720. The van der Waals surface area contributed by atoms with Gasteiger partial charge in [-0.3, -0.25) is 4.79 Å². The molecule has 0 radical (unpaired) electrons. The number of furan rings is 1. The van der Waals surface area contributed by atoms with Crippen molar-refractivity contribution in [3.8, 4) is 0 Å². The molecule has 1 saturated heterocycles. The van der Waals surface area contributed by atoms with Crippen LogP contribution < -0.4 is 0 Å². The zero-order valence-corrected chi connectivity index (χ0v) is 14.9. The normalized spacial score (nSPS) is 18.4. The molecule has 1 unspecified atom stereocenters. The van der Waals surface area contributed by atoms with Gasteiger partial charge in [0.1, 0.15) is 10.5 Å². The third kappa shape index (κ3) is 3.32. The van der Waals surface area contributed by atoms with Gasteiger partial charge in [-0.2, -0.15) is 0 Å². The van der Waals surface area contributed by atoms with E-state index in [1.165, 1.54) is 16.9 Å². The molecule has 1 aromatic carbocycles. The number of hydrogen-bond donors (Lipinski definition) is 0. The van der Waals surface area contributed by atoms with Gasteiger partial charge in [-0.15, -0.1) is 11.3 Å². The van der Waals surface area contributed by atoms with Crippen LogP contribution in [0.2, 0.25) is 0 Å². The van der Waals surface area contributed by atoms with E-state index in [1.807, 2.05) is 30.0 Å². The van der Waals surface area contributed by atoms with E-state index in [-0.39, 0.29) is 11.8 Å². The molecule has 0 saturated carbocycles. The molecule has 6 heteroatoms. The lowest BCUT2D eigenvalue weighted by Crippen LogP contribution is -2.36. The van der Waals surface area contributed by atoms with E-state index in [0.29, 0.717) is 26.3 Å². The number of benzene rings is 1. The predicted octanol–water partition coefficient (Wildman–Crippen LogP) is 3.53. The fourth-order valence-corrected chi connectivity index (χ4v) is 4.15. The number of aryl methyl sites for hydroxylation is 1. The van der Waals surface area contributed by atoms with Crippen molar-refractivity contribution in [3.05, 3.63) is 52.2 Å². The minimum atomic E-state index is 0.0667. The van der Waals surface area contributed by atoms with Crippen LogP contribution in [0.1, 0.15) is 20.9 Å². The van der Waals surface area contributed by atoms with Gasteiger partial charge in [0.05, 0.1) is 30.7 Å². The van der Waals surface area contributed by atoms with E-state index >= 15 is 0 Å². The lowest BCUT2D eigenvalue weighted by Gasteiger charge is -2.23. The van der Waals surface area contributed by atoms with E-state index in [0.717, 1.165) is 28.0 Å². The maximum Gasteiger partial charge on any atom is 0.265 e. The number of thiazole rings is 1. The van der Waals surface area contributed by atoms with Crippen LogP contribution in [0.25, 0.3) is 11.0 Å². The predicted molar refractivity (Wildman–Crippen MR) is 97.0 cm³/mol. The first-order chi connectivity index (χ1) is 12.2. The van der Waals surface area contributed by atoms with Crippen LogP contribution in [0.15, 0.2) is 40.5 Å². The molecule has 4 rings (SSSR count). The summed E-state index contributed by atoms with van der Waals surface area (Å²) in [5.41, 5.74) is 4.68. The highest BCUT2D eigenvalue weighted by molar-refractivity contribution is 7.11. The number of nitrogens with zero attached hydrogens (tertiary/aromatic N) is 2. The molecule has 130 valence electrons. The van der Waals surface area contributed by atoms with Gasteiger partial charge in [0, 0.05) is 24.4 Å². The van der Waals surface area contributed by atoms with E-state index in [9.17, 15) is 4.79 Å². The summed E-state index contributed by atoms with van der Waals surface area (Å²) in [4.78, 5) is 19.7. The van der Waals surface area contributed by atoms with Crippen molar-refractivity contribution in [2.24, 2.45) is 5.92 Å².